The van der Waals surface area contributed by atoms with Crippen molar-refractivity contribution in [2.24, 2.45) is 0 Å². The molecule has 0 radical (unpaired) electrons. The van der Waals surface area contributed by atoms with Gasteiger partial charge in [0, 0.05) is 17.3 Å². The van der Waals surface area contributed by atoms with Crippen LogP contribution in [0.4, 0.5) is 5.13 Å². The Bertz CT molecular complexity index is 455. The van der Waals surface area contributed by atoms with Crippen molar-refractivity contribution >= 4 is 44.2 Å². The van der Waals surface area contributed by atoms with Gasteiger partial charge in [0.2, 0.25) is 5.13 Å². The molecule has 0 aliphatic rings. The summed E-state index contributed by atoms with van der Waals surface area (Å²) in [5.74, 6) is 0.922. The van der Waals surface area contributed by atoms with Crippen LogP contribution in [0.15, 0.2) is 33.1 Å². The molecule has 0 aliphatic heterocycles. The number of nitrogens with zero attached hydrogens (tertiary/aromatic N) is 2. The van der Waals surface area contributed by atoms with E-state index in [1.807, 2.05) is 7.05 Å². The molecule has 0 atom stereocenters. The zero-order valence-corrected chi connectivity index (χ0v) is 11.8. The lowest BCUT2D eigenvalue weighted by molar-refractivity contribution is 1.01. The van der Waals surface area contributed by atoms with Crippen molar-refractivity contribution in [3.63, 3.8) is 0 Å². The van der Waals surface area contributed by atoms with Gasteiger partial charge < -0.3 is 5.32 Å². The normalized spacial score (nSPS) is 10.4. The highest BCUT2D eigenvalue weighted by molar-refractivity contribution is 9.10. The van der Waals surface area contributed by atoms with Crippen LogP contribution in [0.2, 0.25) is 0 Å². The maximum atomic E-state index is 4.08. The molecule has 6 heteroatoms. The molecule has 0 spiro atoms. The molecule has 0 saturated carbocycles. The summed E-state index contributed by atoms with van der Waals surface area (Å²) in [6.07, 6.45) is 0. The summed E-state index contributed by atoms with van der Waals surface area (Å²) in [5.41, 5.74) is 1.29. The largest absolute Gasteiger partial charge is 0.363 e. The summed E-state index contributed by atoms with van der Waals surface area (Å²) in [7, 11) is 1.85. The van der Waals surface area contributed by atoms with Crippen LogP contribution in [0.3, 0.4) is 0 Å². The van der Waals surface area contributed by atoms with Gasteiger partial charge >= 0.3 is 0 Å². The van der Waals surface area contributed by atoms with Gasteiger partial charge in [0.05, 0.1) is 0 Å². The molecular formula is C10H10BrN3S2. The molecule has 84 valence electrons. The lowest BCUT2D eigenvalue weighted by Gasteiger charge is -1.98. The molecule has 1 heterocycles. The Kier molecular flexibility index (Phi) is 4.20. The van der Waals surface area contributed by atoms with Crippen molar-refractivity contribution in [3.05, 3.63) is 34.3 Å². The molecule has 0 saturated heterocycles. The van der Waals surface area contributed by atoms with Gasteiger partial charge in [-0.05, 0) is 17.7 Å². The number of thioether (sulfide) groups is 1. The Morgan fingerprint density at radius 3 is 2.69 bits per heavy atom. The number of benzene rings is 1. The van der Waals surface area contributed by atoms with Crippen LogP contribution in [-0.2, 0) is 5.75 Å². The quantitative estimate of drug-likeness (QED) is 0.874. The standard InChI is InChI=1S/C10H10BrN3S2/c1-12-9-13-14-10(16-9)15-6-7-2-4-8(11)5-3-7/h2-5H,6H2,1H3,(H,12,13). The third-order valence-corrected chi connectivity index (χ3v) is 4.57. The molecule has 2 rings (SSSR count). The molecule has 0 aliphatic carbocycles. The lowest BCUT2D eigenvalue weighted by Crippen LogP contribution is -1.84. The maximum Gasteiger partial charge on any atom is 0.206 e. The predicted octanol–water partition coefficient (Wildman–Crippen LogP) is 3.63. The van der Waals surface area contributed by atoms with Crippen molar-refractivity contribution in [1.29, 1.82) is 0 Å². The zero-order chi connectivity index (χ0) is 11.4. The van der Waals surface area contributed by atoms with Crippen molar-refractivity contribution in [3.8, 4) is 0 Å². The number of hydrogen-bond donors (Lipinski definition) is 1. The maximum absolute atomic E-state index is 4.08. The van der Waals surface area contributed by atoms with Crippen molar-refractivity contribution in [2.75, 3.05) is 12.4 Å². The summed E-state index contributed by atoms with van der Waals surface area (Å²) in [4.78, 5) is 0. The SMILES string of the molecule is CNc1nnc(SCc2ccc(Br)cc2)s1. The second-order valence-corrected chi connectivity index (χ2v) is 6.15. The fourth-order valence-corrected chi connectivity index (χ4v) is 3.02. The average molecular weight is 316 g/mol. The molecule has 1 aromatic heterocycles. The monoisotopic (exact) mass is 315 g/mol. The Morgan fingerprint density at radius 2 is 2.06 bits per heavy atom. The van der Waals surface area contributed by atoms with Gasteiger partial charge in [0.1, 0.15) is 0 Å². The van der Waals surface area contributed by atoms with E-state index in [1.165, 1.54) is 5.56 Å². The van der Waals surface area contributed by atoms with E-state index in [0.717, 1.165) is 19.7 Å². The first-order chi connectivity index (χ1) is 7.78. The summed E-state index contributed by atoms with van der Waals surface area (Å²) in [6.45, 7) is 0. The fraction of sp³-hybridized carbons (Fsp3) is 0.200. The highest BCUT2D eigenvalue weighted by Crippen LogP contribution is 2.28. The number of hydrogen-bond acceptors (Lipinski definition) is 5. The van der Waals surface area contributed by atoms with Gasteiger partial charge in [0.15, 0.2) is 4.34 Å². The average Bonchev–Trinajstić information content (AvgIpc) is 2.76. The molecule has 0 bridgehead atoms. The predicted molar refractivity (Wildman–Crippen MR) is 73.2 cm³/mol. The van der Waals surface area contributed by atoms with Gasteiger partial charge in [-0.2, -0.15) is 0 Å². The first kappa shape index (κ1) is 11.9. The summed E-state index contributed by atoms with van der Waals surface area (Å²) in [6, 6.07) is 8.32. The van der Waals surface area contributed by atoms with E-state index in [9.17, 15) is 0 Å². The summed E-state index contributed by atoms with van der Waals surface area (Å²) in [5, 5.41) is 11.9. The third kappa shape index (κ3) is 3.20. The van der Waals surface area contributed by atoms with Crippen LogP contribution in [0.1, 0.15) is 5.56 Å². The van der Waals surface area contributed by atoms with Gasteiger partial charge in [-0.25, -0.2) is 0 Å². The Hall–Kier alpha value is -0.590. The number of aromatic nitrogens is 2. The molecule has 16 heavy (non-hydrogen) atoms. The van der Waals surface area contributed by atoms with E-state index in [2.05, 4.69) is 55.7 Å². The van der Waals surface area contributed by atoms with E-state index in [-0.39, 0.29) is 0 Å². The van der Waals surface area contributed by atoms with Crippen LogP contribution < -0.4 is 5.32 Å². The van der Waals surface area contributed by atoms with E-state index in [1.54, 1.807) is 23.1 Å². The number of rotatable bonds is 4. The molecule has 2 aromatic rings. The van der Waals surface area contributed by atoms with E-state index in [4.69, 9.17) is 0 Å². The number of anilines is 1. The van der Waals surface area contributed by atoms with Gasteiger partial charge in [-0.3, -0.25) is 0 Å². The summed E-state index contributed by atoms with van der Waals surface area (Å²) >= 11 is 6.70. The third-order valence-electron chi connectivity index (χ3n) is 1.90. The minimum atomic E-state index is 0.860. The van der Waals surface area contributed by atoms with Crippen LogP contribution in [0, 0.1) is 0 Å². The fourth-order valence-electron chi connectivity index (χ4n) is 1.09. The highest BCUT2D eigenvalue weighted by Gasteiger charge is 2.03. The molecule has 0 fully saturated rings. The van der Waals surface area contributed by atoms with E-state index in [0.29, 0.717) is 0 Å². The van der Waals surface area contributed by atoms with Crippen molar-refractivity contribution < 1.29 is 0 Å². The van der Waals surface area contributed by atoms with E-state index >= 15 is 0 Å². The highest BCUT2D eigenvalue weighted by atomic mass is 79.9. The molecule has 0 unspecified atom stereocenters. The first-order valence-electron chi connectivity index (χ1n) is 4.66. The number of halogens is 1. The summed E-state index contributed by atoms with van der Waals surface area (Å²) < 4.78 is 2.10. The molecule has 1 aromatic carbocycles. The second kappa shape index (κ2) is 5.65. The molecule has 0 amide bonds. The topological polar surface area (TPSA) is 37.8 Å². The van der Waals surface area contributed by atoms with Crippen LogP contribution in [0.5, 0.6) is 0 Å². The van der Waals surface area contributed by atoms with Gasteiger partial charge in [-0.1, -0.05) is 51.2 Å². The van der Waals surface area contributed by atoms with Crippen LogP contribution >= 0.6 is 39.0 Å². The van der Waals surface area contributed by atoms with Gasteiger partial charge in [-0.15, -0.1) is 10.2 Å². The van der Waals surface area contributed by atoms with E-state index < -0.39 is 0 Å². The minimum Gasteiger partial charge on any atom is -0.363 e. The minimum absolute atomic E-state index is 0.860. The smallest absolute Gasteiger partial charge is 0.206 e. The molecule has 3 nitrogen and oxygen atoms in total. The van der Waals surface area contributed by atoms with Crippen molar-refractivity contribution in [1.82, 2.24) is 10.2 Å². The Morgan fingerprint density at radius 1 is 1.31 bits per heavy atom. The second-order valence-electron chi connectivity index (χ2n) is 3.04. The van der Waals surface area contributed by atoms with Crippen LogP contribution in [-0.4, -0.2) is 17.2 Å². The van der Waals surface area contributed by atoms with Crippen LogP contribution in [0.25, 0.3) is 0 Å². The Labute approximate surface area is 111 Å². The zero-order valence-electron chi connectivity index (χ0n) is 8.61. The first-order valence-corrected chi connectivity index (χ1v) is 7.26. The van der Waals surface area contributed by atoms with Crippen molar-refractivity contribution in [2.45, 2.75) is 10.1 Å². The Balaban J connectivity index is 1.94. The number of nitrogens with one attached hydrogen (secondary N) is 1. The van der Waals surface area contributed by atoms with Gasteiger partial charge in [0.25, 0.3) is 0 Å². The lowest BCUT2D eigenvalue weighted by atomic mass is 10.2. The molecular weight excluding hydrogens is 306 g/mol. The molecule has 1 N–H and O–H groups in total.